The molecule has 0 atom stereocenters. The van der Waals surface area contributed by atoms with Crippen LogP contribution in [0.2, 0.25) is 0 Å². The van der Waals surface area contributed by atoms with Gasteiger partial charge in [0.05, 0.1) is 11.3 Å². The number of nitrogens with zero attached hydrogens (tertiary/aromatic N) is 1. The lowest BCUT2D eigenvalue weighted by atomic mass is 10.1. The minimum absolute atomic E-state index is 0.0899. The van der Waals surface area contributed by atoms with Gasteiger partial charge < -0.3 is 15.5 Å². The molecule has 0 unspecified atom stereocenters. The van der Waals surface area contributed by atoms with Crippen LogP contribution in [0.3, 0.4) is 0 Å². The first kappa shape index (κ1) is 14.8. The molecule has 1 amide bonds. The van der Waals surface area contributed by atoms with E-state index in [-0.39, 0.29) is 5.91 Å². The van der Waals surface area contributed by atoms with Gasteiger partial charge in [0.1, 0.15) is 0 Å². The number of rotatable bonds is 3. The van der Waals surface area contributed by atoms with Gasteiger partial charge in [-0.05, 0) is 50.5 Å². The Bertz CT molecular complexity index is 484. The van der Waals surface area contributed by atoms with Crippen LogP contribution in [0.4, 0.5) is 5.69 Å². The molecular weight excluding hydrogens is 270 g/mol. The first-order chi connectivity index (χ1) is 9.72. The number of benzene rings is 1. The van der Waals surface area contributed by atoms with Crippen molar-refractivity contribution >= 4 is 28.9 Å². The maximum atomic E-state index is 12.6. The smallest absolute Gasteiger partial charge is 0.255 e. The lowest BCUT2D eigenvalue weighted by molar-refractivity contribution is 0.0725. The number of para-hydroxylation sites is 1. The van der Waals surface area contributed by atoms with E-state index < -0.39 is 0 Å². The summed E-state index contributed by atoms with van der Waals surface area (Å²) in [5, 5.41) is 6.69. The Morgan fingerprint density at radius 1 is 1.25 bits per heavy atom. The third-order valence-corrected chi connectivity index (χ3v) is 3.63. The van der Waals surface area contributed by atoms with Gasteiger partial charge in [0.2, 0.25) is 0 Å². The molecule has 0 bridgehead atoms. The number of amides is 1. The Morgan fingerprint density at radius 2 is 1.95 bits per heavy atom. The van der Waals surface area contributed by atoms with E-state index in [0.717, 1.165) is 38.2 Å². The van der Waals surface area contributed by atoms with Crippen molar-refractivity contribution in [3.8, 4) is 0 Å². The summed E-state index contributed by atoms with van der Waals surface area (Å²) in [5.41, 5.74) is 1.46. The summed E-state index contributed by atoms with van der Waals surface area (Å²) in [6.07, 6.45) is 3.41. The summed E-state index contributed by atoms with van der Waals surface area (Å²) < 4.78 is 0. The zero-order valence-corrected chi connectivity index (χ0v) is 12.6. The topological polar surface area (TPSA) is 44.4 Å². The van der Waals surface area contributed by atoms with Gasteiger partial charge in [0, 0.05) is 19.6 Å². The highest BCUT2D eigenvalue weighted by Gasteiger charge is 2.20. The van der Waals surface area contributed by atoms with Crippen LogP contribution in [-0.4, -0.2) is 35.6 Å². The fourth-order valence-corrected chi connectivity index (χ4v) is 2.63. The van der Waals surface area contributed by atoms with Gasteiger partial charge in [-0.3, -0.25) is 4.79 Å². The van der Waals surface area contributed by atoms with E-state index in [1.54, 1.807) is 0 Å². The van der Waals surface area contributed by atoms with Crippen molar-refractivity contribution in [1.29, 1.82) is 0 Å². The highest BCUT2D eigenvalue weighted by atomic mass is 32.1. The molecule has 1 aromatic rings. The van der Waals surface area contributed by atoms with E-state index in [4.69, 9.17) is 12.2 Å². The Balaban J connectivity index is 2.14. The van der Waals surface area contributed by atoms with Crippen molar-refractivity contribution in [1.82, 2.24) is 10.2 Å². The maximum absolute atomic E-state index is 12.6. The van der Waals surface area contributed by atoms with Crippen molar-refractivity contribution in [2.45, 2.75) is 26.2 Å². The second-order valence-corrected chi connectivity index (χ2v) is 5.29. The van der Waals surface area contributed by atoms with Crippen LogP contribution in [-0.2, 0) is 0 Å². The molecule has 2 N–H and O–H groups in total. The molecule has 5 heteroatoms. The monoisotopic (exact) mass is 291 g/mol. The average molecular weight is 291 g/mol. The molecule has 0 saturated carbocycles. The first-order valence-corrected chi connectivity index (χ1v) is 7.56. The van der Waals surface area contributed by atoms with Crippen LogP contribution >= 0.6 is 12.2 Å². The second-order valence-electron chi connectivity index (χ2n) is 4.88. The van der Waals surface area contributed by atoms with E-state index in [1.165, 1.54) is 6.42 Å². The van der Waals surface area contributed by atoms with E-state index in [9.17, 15) is 4.79 Å². The molecular formula is C15H21N3OS. The Labute approximate surface area is 125 Å². The second kappa shape index (κ2) is 7.24. The molecule has 0 radical (unpaired) electrons. The quantitative estimate of drug-likeness (QED) is 0.840. The summed E-state index contributed by atoms with van der Waals surface area (Å²) in [7, 11) is 0. The number of carbonyl (C=O) groups is 1. The van der Waals surface area contributed by atoms with Crippen molar-refractivity contribution < 1.29 is 4.79 Å². The highest BCUT2D eigenvalue weighted by molar-refractivity contribution is 7.80. The molecule has 0 aromatic heterocycles. The third kappa shape index (κ3) is 3.70. The molecule has 1 aliphatic heterocycles. The maximum Gasteiger partial charge on any atom is 0.255 e. The summed E-state index contributed by atoms with van der Waals surface area (Å²) in [6, 6.07) is 7.54. The highest BCUT2D eigenvalue weighted by Crippen LogP contribution is 2.19. The van der Waals surface area contributed by atoms with Gasteiger partial charge in [0.15, 0.2) is 5.11 Å². The minimum atomic E-state index is 0.0899. The van der Waals surface area contributed by atoms with Crippen LogP contribution in [0.5, 0.6) is 0 Å². The minimum Gasteiger partial charge on any atom is -0.363 e. The Morgan fingerprint density at radius 3 is 2.65 bits per heavy atom. The van der Waals surface area contributed by atoms with Crippen molar-refractivity contribution in [2.75, 3.05) is 25.0 Å². The molecule has 1 saturated heterocycles. The predicted molar refractivity (Wildman–Crippen MR) is 86.1 cm³/mol. The number of likely N-dealkylation sites (tertiary alicyclic amines) is 1. The molecule has 2 rings (SSSR count). The van der Waals surface area contributed by atoms with Gasteiger partial charge in [-0.25, -0.2) is 0 Å². The van der Waals surface area contributed by atoms with Gasteiger partial charge in [-0.15, -0.1) is 0 Å². The normalized spacial score (nSPS) is 14.8. The average Bonchev–Trinajstić information content (AvgIpc) is 2.48. The van der Waals surface area contributed by atoms with Crippen molar-refractivity contribution in [2.24, 2.45) is 0 Å². The first-order valence-electron chi connectivity index (χ1n) is 7.15. The number of anilines is 1. The molecule has 4 nitrogen and oxygen atoms in total. The van der Waals surface area contributed by atoms with E-state index in [0.29, 0.717) is 10.7 Å². The number of hydrogen-bond donors (Lipinski definition) is 2. The third-order valence-electron chi connectivity index (χ3n) is 3.39. The van der Waals surface area contributed by atoms with Gasteiger partial charge >= 0.3 is 0 Å². The Hall–Kier alpha value is -1.62. The lowest BCUT2D eigenvalue weighted by Gasteiger charge is -2.27. The van der Waals surface area contributed by atoms with E-state index >= 15 is 0 Å². The lowest BCUT2D eigenvalue weighted by Crippen LogP contribution is -2.36. The summed E-state index contributed by atoms with van der Waals surface area (Å²) in [6.45, 7) is 4.45. The van der Waals surface area contributed by atoms with E-state index in [2.05, 4.69) is 10.6 Å². The molecule has 108 valence electrons. The number of nitrogens with one attached hydrogen (secondary N) is 2. The Kier molecular flexibility index (Phi) is 5.35. The zero-order chi connectivity index (χ0) is 14.4. The largest absolute Gasteiger partial charge is 0.363 e. The van der Waals surface area contributed by atoms with E-state index in [1.807, 2.05) is 36.1 Å². The summed E-state index contributed by atoms with van der Waals surface area (Å²) in [4.78, 5) is 14.5. The summed E-state index contributed by atoms with van der Waals surface area (Å²) in [5.74, 6) is 0.0899. The van der Waals surface area contributed by atoms with Crippen molar-refractivity contribution in [3.63, 3.8) is 0 Å². The van der Waals surface area contributed by atoms with Gasteiger partial charge in [-0.1, -0.05) is 12.1 Å². The number of carbonyl (C=O) groups excluding carboxylic acids is 1. The zero-order valence-electron chi connectivity index (χ0n) is 11.8. The molecule has 1 aromatic carbocycles. The van der Waals surface area contributed by atoms with Gasteiger partial charge in [-0.2, -0.15) is 0 Å². The molecule has 1 fully saturated rings. The molecule has 1 heterocycles. The molecule has 0 aliphatic carbocycles. The van der Waals surface area contributed by atoms with Crippen LogP contribution in [0.15, 0.2) is 24.3 Å². The number of hydrogen-bond acceptors (Lipinski definition) is 2. The van der Waals surface area contributed by atoms with Crippen LogP contribution in [0, 0.1) is 0 Å². The predicted octanol–water partition coefficient (Wildman–Crippen LogP) is 2.62. The SMILES string of the molecule is CCNC(=S)Nc1ccccc1C(=O)N1CCCCC1. The standard InChI is InChI=1S/C15H21N3OS/c1-2-16-15(20)17-13-9-5-4-8-12(13)14(19)18-10-6-3-7-11-18/h4-5,8-9H,2-3,6-7,10-11H2,1H3,(H2,16,17,20). The number of thiocarbonyl (C=S) groups is 1. The fraction of sp³-hybridized carbons (Fsp3) is 0.467. The van der Waals surface area contributed by atoms with Crippen LogP contribution in [0.1, 0.15) is 36.5 Å². The molecule has 1 aliphatic rings. The van der Waals surface area contributed by atoms with Crippen LogP contribution in [0.25, 0.3) is 0 Å². The number of piperidine rings is 1. The van der Waals surface area contributed by atoms with Crippen LogP contribution < -0.4 is 10.6 Å². The van der Waals surface area contributed by atoms with Gasteiger partial charge in [0.25, 0.3) is 5.91 Å². The molecule has 20 heavy (non-hydrogen) atoms. The summed E-state index contributed by atoms with van der Waals surface area (Å²) >= 11 is 5.19. The van der Waals surface area contributed by atoms with Crippen molar-refractivity contribution in [3.05, 3.63) is 29.8 Å². The fourth-order valence-electron chi connectivity index (χ4n) is 2.37. The molecule has 0 spiro atoms.